The fourth-order valence-corrected chi connectivity index (χ4v) is 2.60. The minimum atomic E-state index is -2.87. The van der Waals surface area contributed by atoms with Crippen molar-refractivity contribution in [3.05, 3.63) is 0 Å². The van der Waals surface area contributed by atoms with Crippen molar-refractivity contribution in [2.75, 3.05) is 38.3 Å². The first-order valence-corrected chi connectivity index (χ1v) is 7.36. The minimum absolute atomic E-state index is 0.242. The van der Waals surface area contributed by atoms with Gasteiger partial charge in [0.1, 0.15) is 0 Å². The zero-order valence-corrected chi connectivity index (χ0v) is 10.2. The summed E-state index contributed by atoms with van der Waals surface area (Å²) < 4.78 is 27.8. The molecule has 4 nitrogen and oxygen atoms in total. The van der Waals surface area contributed by atoms with Gasteiger partial charge in [-0.2, -0.15) is 0 Å². The summed E-state index contributed by atoms with van der Waals surface area (Å²) in [5, 5.41) is 3.18. The first-order valence-electron chi connectivity index (χ1n) is 5.54. The van der Waals surface area contributed by atoms with Crippen LogP contribution in [-0.2, 0) is 14.6 Å². The molecule has 0 amide bonds. The Morgan fingerprint density at radius 1 is 1.33 bits per heavy atom. The van der Waals surface area contributed by atoms with Crippen molar-refractivity contribution in [2.24, 2.45) is 5.92 Å². The number of ether oxygens (including phenoxy) is 1. The Kier molecular flexibility index (Phi) is 5.56. The molecule has 1 aliphatic rings. The molecule has 1 rings (SSSR count). The van der Waals surface area contributed by atoms with Gasteiger partial charge in [0.15, 0.2) is 9.84 Å². The highest BCUT2D eigenvalue weighted by Gasteiger charge is 2.20. The first kappa shape index (κ1) is 12.9. The van der Waals surface area contributed by atoms with Crippen molar-refractivity contribution >= 4 is 9.84 Å². The van der Waals surface area contributed by atoms with Crippen molar-refractivity contribution in [3.8, 4) is 0 Å². The van der Waals surface area contributed by atoms with Gasteiger partial charge in [0.25, 0.3) is 0 Å². The molecule has 0 radical (unpaired) electrons. The lowest BCUT2D eigenvalue weighted by atomic mass is 10.4. The lowest BCUT2D eigenvalue weighted by molar-refractivity contribution is 0.199. The highest BCUT2D eigenvalue weighted by molar-refractivity contribution is 7.91. The molecule has 0 aromatic heterocycles. The summed E-state index contributed by atoms with van der Waals surface area (Å²) in [6, 6.07) is 0. The smallest absolute Gasteiger partial charge is 0.151 e. The Labute approximate surface area is 92.3 Å². The van der Waals surface area contributed by atoms with E-state index < -0.39 is 9.84 Å². The predicted molar refractivity (Wildman–Crippen MR) is 60.7 cm³/mol. The highest BCUT2D eigenvalue weighted by Crippen LogP contribution is 2.27. The van der Waals surface area contributed by atoms with E-state index in [9.17, 15) is 8.42 Å². The van der Waals surface area contributed by atoms with Gasteiger partial charge >= 0.3 is 0 Å². The fourth-order valence-electron chi connectivity index (χ4n) is 1.38. The van der Waals surface area contributed by atoms with Crippen LogP contribution >= 0.6 is 0 Å². The molecule has 0 aromatic carbocycles. The normalized spacial score (nSPS) is 16.9. The molecule has 0 heterocycles. The molecule has 1 fully saturated rings. The fraction of sp³-hybridized carbons (Fsp3) is 1.00. The van der Waals surface area contributed by atoms with Crippen LogP contribution in [0.5, 0.6) is 0 Å². The Morgan fingerprint density at radius 3 is 2.67 bits per heavy atom. The molecule has 1 saturated carbocycles. The lowest BCUT2D eigenvalue weighted by Gasteiger charge is -2.05. The van der Waals surface area contributed by atoms with Crippen LogP contribution in [0, 0.1) is 5.92 Å². The number of methoxy groups -OCH3 is 1. The largest absolute Gasteiger partial charge is 0.385 e. The van der Waals surface area contributed by atoms with Gasteiger partial charge in [-0.05, 0) is 31.7 Å². The average molecular weight is 235 g/mol. The number of hydrogen-bond acceptors (Lipinski definition) is 4. The van der Waals surface area contributed by atoms with Crippen LogP contribution in [0.15, 0.2) is 0 Å². The second kappa shape index (κ2) is 6.45. The Balaban J connectivity index is 2.00. The van der Waals surface area contributed by atoms with E-state index >= 15 is 0 Å². The van der Waals surface area contributed by atoms with E-state index in [2.05, 4.69) is 5.32 Å². The topological polar surface area (TPSA) is 55.4 Å². The second-order valence-electron chi connectivity index (χ2n) is 4.15. The van der Waals surface area contributed by atoms with Gasteiger partial charge in [0.05, 0.1) is 11.5 Å². The number of sulfone groups is 1. The Hall–Kier alpha value is -0.130. The molecule has 0 unspecified atom stereocenters. The molecule has 0 atom stereocenters. The zero-order valence-electron chi connectivity index (χ0n) is 9.37. The van der Waals surface area contributed by atoms with Crippen molar-refractivity contribution in [3.63, 3.8) is 0 Å². The third kappa shape index (κ3) is 6.87. The average Bonchev–Trinajstić information content (AvgIpc) is 2.96. The van der Waals surface area contributed by atoms with Crippen molar-refractivity contribution < 1.29 is 13.2 Å². The number of nitrogens with one attached hydrogen (secondary N) is 1. The highest BCUT2D eigenvalue weighted by atomic mass is 32.2. The van der Waals surface area contributed by atoms with Crippen molar-refractivity contribution in [2.45, 2.75) is 19.3 Å². The Morgan fingerprint density at radius 2 is 2.07 bits per heavy atom. The van der Waals surface area contributed by atoms with E-state index in [0.29, 0.717) is 19.6 Å². The predicted octanol–water partition coefficient (Wildman–Crippen LogP) is 0.437. The minimum Gasteiger partial charge on any atom is -0.385 e. The molecular formula is C10H21NO3S. The van der Waals surface area contributed by atoms with Gasteiger partial charge in [-0.1, -0.05) is 0 Å². The summed E-state index contributed by atoms with van der Waals surface area (Å²) in [5.74, 6) is 1.30. The lowest BCUT2D eigenvalue weighted by Crippen LogP contribution is -2.26. The van der Waals surface area contributed by atoms with Crippen molar-refractivity contribution in [1.29, 1.82) is 0 Å². The second-order valence-corrected chi connectivity index (χ2v) is 6.45. The van der Waals surface area contributed by atoms with Gasteiger partial charge in [-0.25, -0.2) is 8.42 Å². The van der Waals surface area contributed by atoms with Crippen molar-refractivity contribution in [1.82, 2.24) is 5.32 Å². The van der Waals surface area contributed by atoms with Crippen LogP contribution in [0.2, 0.25) is 0 Å². The molecule has 0 aliphatic heterocycles. The molecule has 15 heavy (non-hydrogen) atoms. The van der Waals surface area contributed by atoms with E-state index in [4.69, 9.17) is 4.74 Å². The van der Waals surface area contributed by atoms with E-state index in [1.807, 2.05) is 0 Å². The van der Waals surface area contributed by atoms with Gasteiger partial charge in [0.2, 0.25) is 0 Å². The van der Waals surface area contributed by atoms with Crippen LogP contribution in [0.4, 0.5) is 0 Å². The summed E-state index contributed by atoms with van der Waals surface area (Å²) in [7, 11) is -1.29. The maximum atomic E-state index is 11.5. The standard InChI is InChI=1S/C10H21NO3S/c1-14-6-2-7-15(12,13)8-5-11-9-10-3-4-10/h10-11H,2-9H2,1H3. The maximum Gasteiger partial charge on any atom is 0.151 e. The zero-order chi connectivity index (χ0) is 11.1. The molecule has 5 heteroatoms. The van der Waals surface area contributed by atoms with Gasteiger partial charge in [-0.3, -0.25) is 0 Å². The molecule has 0 saturated heterocycles. The molecule has 0 spiro atoms. The summed E-state index contributed by atoms with van der Waals surface area (Å²) in [4.78, 5) is 0. The number of hydrogen-bond donors (Lipinski definition) is 1. The summed E-state index contributed by atoms with van der Waals surface area (Å²) in [5.41, 5.74) is 0. The first-order chi connectivity index (χ1) is 7.14. The van der Waals surface area contributed by atoms with E-state index in [-0.39, 0.29) is 11.5 Å². The summed E-state index contributed by atoms with van der Waals surface area (Å²) in [6.07, 6.45) is 3.20. The van der Waals surface area contributed by atoms with Gasteiger partial charge in [0, 0.05) is 20.3 Å². The van der Waals surface area contributed by atoms with Crippen LogP contribution in [0.3, 0.4) is 0 Å². The molecule has 90 valence electrons. The molecule has 0 bridgehead atoms. The third-order valence-electron chi connectivity index (χ3n) is 2.52. The van der Waals surface area contributed by atoms with E-state index in [1.54, 1.807) is 7.11 Å². The van der Waals surface area contributed by atoms with Gasteiger partial charge in [-0.15, -0.1) is 0 Å². The van der Waals surface area contributed by atoms with E-state index in [1.165, 1.54) is 12.8 Å². The molecule has 1 aliphatic carbocycles. The molecule has 1 N–H and O–H groups in total. The third-order valence-corrected chi connectivity index (χ3v) is 4.26. The Bertz CT molecular complexity index is 260. The molecule has 0 aromatic rings. The van der Waals surface area contributed by atoms with Crippen LogP contribution in [0.25, 0.3) is 0 Å². The molecular weight excluding hydrogens is 214 g/mol. The van der Waals surface area contributed by atoms with Crippen LogP contribution in [-0.4, -0.2) is 46.7 Å². The summed E-state index contributed by atoms with van der Waals surface area (Å²) in [6.45, 7) is 2.09. The van der Waals surface area contributed by atoms with Crippen LogP contribution < -0.4 is 5.32 Å². The number of rotatable bonds is 9. The van der Waals surface area contributed by atoms with E-state index in [0.717, 1.165) is 12.5 Å². The SMILES string of the molecule is COCCCS(=O)(=O)CCNCC1CC1. The monoisotopic (exact) mass is 235 g/mol. The maximum absolute atomic E-state index is 11.5. The van der Waals surface area contributed by atoms with Gasteiger partial charge < -0.3 is 10.1 Å². The van der Waals surface area contributed by atoms with Crippen LogP contribution in [0.1, 0.15) is 19.3 Å². The quantitative estimate of drug-likeness (QED) is 0.589. The summed E-state index contributed by atoms with van der Waals surface area (Å²) >= 11 is 0.